The monoisotopic (exact) mass is 439 g/mol. The number of amides is 1. The molecular weight excluding hydrogens is 418 g/mol. The summed E-state index contributed by atoms with van der Waals surface area (Å²) in [6, 6.07) is 7.35. The van der Waals surface area contributed by atoms with E-state index in [-0.39, 0.29) is 24.4 Å². The smallest absolute Gasteiger partial charge is 0.255 e. The van der Waals surface area contributed by atoms with Crippen LogP contribution in [0, 0.1) is 0 Å². The quantitative estimate of drug-likeness (QED) is 0.770. The standard InChI is InChI=1S/C19H22BrN3O2.ClH/c1-12(2)25-18-5-4-13(9-16(18)20)19(24)22-15-8-14-11-23(3)7-6-17(14)21-10-15;/h4-5,8-10,12H,6-7,11H2,1-3H3,(H,22,24);1H. The molecule has 2 aromatic rings. The van der Waals surface area contributed by atoms with Crippen LogP contribution >= 0.6 is 28.3 Å². The Bertz CT molecular complexity index is 798. The van der Waals surface area contributed by atoms with Gasteiger partial charge in [0.05, 0.1) is 22.5 Å². The molecule has 2 heterocycles. The van der Waals surface area contributed by atoms with Crippen LogP contribution in [0.3, 0.4) is 0 Å². The number of ether oxygens (including phenoxy) is 1. The van der Waals surface area contributed by atoms with E-state index >= 15 is 0 Å². The van der Waals surface area contributed by atoms with Gasteiger partial charge in [0.15, 0.2) is 0 Å². The van der Waals surface area contributed by atoms with Gasteiger partial charge in [-0.15, -0.1) is 12.4 Å². The average molecular weight is 441 g/mol. The summed E-state index contributed by atoms with van der Waals surface area (Å²) in [5, 5.41) is 2.93. The molecule has 1 aromatic heterocycles. The van der Waals surface area contributed by atoms with Gasteiger partial charge < -0.3 is 15.0 Å². The van der Waals surface area contributed by atoms with Crippen LogP contribution in [0.2, 0.25) is 0 Å². The zero-order chi connectivity index (χ0) is 18.0. The summed E-state index contributed by atoms with van der Waals surface area (Å²) >= 11 is 3.46. The second-order valence-corrected chi connectivity index (χ2v) is 7.44. The number of nitrogens with one attached hydrogen (secondary N) is 1. The highest BCUT2D eigenvalue weighted by Crippen LogP contribution is 2.27. The minimum Gasteiger partial charge on any atom is -0.490 e. The van der Waals surface area contributed by atoms with Crippen molar-refractivity contribution in [2.75, 3.05) is 18.9 Å². The van der Waals surface area contributed by atoms with Crippen LogP contribution < -0.4 is 10.1 Å². The highest BCUT2D eigenvalue weighted by atomic mass is 79.9. The Hall–Kier alpha value is -1.63. The van der Waals surface area contributed by atoms with Gasteiger partial charge in [0.1, 0.15) is 5.75 Å². The van der Waals surface area contributed by atoms with Crippen molar-refractivity contribution in [1.29, 1.82) is 0 Å². The number of anilines is 1. The Morgan fingerprint density at radius 1 is 1.35 bits per heavy atom. The SMILES string of the molecule is CC(C)Oc1ccc(C(=O)Nc2cnc3c(c2)CN(C)CC3)cc1Br.Cl. The summed E-state index contributed by atoms with van der Waals surface area (Å²) < 4.78 is 6.44. The van der Waals surface area contributed by atoms with E-state index in [4.69, 9.17) is 4.74 Å². The average Bonchev–Trinajstić information content (AvgIpc) is 2.56. The van der Waals surface area contributed by atoms with Crippen molar-refractivity contribution in [2.24, 2.45) is 0 Å². The third-order valence-electron chi connectivity index (χ3n) is 4.05. The molecule has 0 spiro atoms. The Labute approximate surface area is 168 Å². The molecule has 0 radical (unpaired) electrons. The van der Waals surface area contributed by atoms with E-state index in [1.165, 1.54) is 5.56 Å². The number of benzene rings is 1. The molecule has 1 aromatic carbocycles. The molecule has 26 heavy (non-hydrogen) atoms. The molecule has 1 amide bonds. The third-order valence-corrected chi connectivity index (χ3v) is 4.66. The van der Waals surface area contributed by atoms with Crippen LogP contribution in [-0.2, 0) is 13.0 Å². The molecule has 5 nitrogen and oxygen atoms in total. The fourth-order valence-corrected chi connectivity index (χ4v) is 3.30. The lowest BCUT2D eigenvalue weighted by atomic mass is 10.1. The first-order valence-corrected chi connectivity index (χ1v) is 9.15. The molecule has 0 unspecified atom stereocenters. The number of hydrogen-bond donors (Lipinski definition) is 1. The zero-order valence-corrected chi connectivity index (χ0v) is 17.5. The zero-order valence-electron chi connectivity index (χ0n) is 15.1. The fourth-order valence-electron chi connectivity index (χ4n) is 2.83. The van der Waals surface area contributed by atoms with Gasteiger partial charge in [-0.2, -0.15) is 0 Å². The molecular formula is C19H23BrClN3O2. The molecule has 0 saturated heterocycles. The molecule has 140 valence electrons. The van der Waals surface area contributed by atoms with Crippen LogP contribution in [0.25, 0.3) is 0 Å². The lowest BCUT2D eigenvalue weighted by Gasteiger charge is -2.24. The summed E-state index contributed by atoms with van der Waals surface area (Å²) in [4.78, 5) is 19.3. The number of hydrogen-bond acceptors (Lipinski definition) is 4. The van der Waals surface area contributed by atoms with Gasteiger partial charge in [-0.3, -0.25) is 9.78 Å². The normalized spacial score (nSPS) is 13.7. The van der Waals surface area contributed by atoms with Crippen molar-refractivity contribution in [3.05, 3.63) is 51.8 Å². The fraction of sp³-hybridized carbons (Fsp3) is 0.368. The van der Waals surface area contributed by atoms with Crippen molar-refractivity contribution >= 4 is 39.9 Å². The summed E-state index contributed by atoms with van der Waals surface area (Å²) in [6.45, 7) is 5.81. The Balaban J connectivity index is 0.00000243. The summed E-state index contributed by atoms with van der Waals surface area (Å²) in [7, 11) is 2.09. The molecule has 0 fully saturated rings. The molecule has 0 bridgehead atoms. The molecule has 1 N–H and O–H groups in total. The largest absolute Gasteiger partial charge is 0.490 e. The van der Waals surface area contributed by atoms with Gasteiger partial charge in [-0.25, -0.2) is 0 Å². The Morgan fingerprint density at radius 3 is 2.81 bits per heavy atom. The van der Waals surface area contributed by atoms with E-state index in [1.807, 2.05) is 19.9 Å². The minimum atomic E-state index is -0.164. The number of rotatable bonds is 4. The molecule has 0 saturated carbocycles. The number of carbonyl (C=O) groups is 1. The van der Waals surface area contributed by atoms with Gasteiger partial charge in [0.25, 0.3) is 5.91 Å². The molecule has 1 aliphatic rings. The van der Waals surface area contributed by atoms with Crippen LogP contribution in [0.15, 0.2) is 34.9 Å². The van der Waals surface area contributed by atoms with E-state index < -0.39 is 0 Å². The van der Waals surface area contributed by atoms with Crippen molar-refractivity contribution in [1.82, 2.24) is 9.88 Å². The topological polar surface area (TPSA) is 54.5 Å². The van der Waals surface area contributed by atoms with Gasteiger partial charge in [0, 0.05) is 30.8 Å². The number of carbonyl (C=O) groups excluding carboxylic acids is 1. The summed E-state index contributed by atoms with van der Waals surface area (Å²) in [6.07, 6.45) is 2.76. The molecule has 0 aliphatic carbocycles. The van der Waals surface area contributed by atoms with Crippen LogP contribution in [0.4, 0.5) is 5.69 Å². The predicted molar refractivity (Wildman–Crippen MR) is 109 cm³/mol. The number of aromatic nitrogens is 1. The maximum Gasteiger partial charge on any atom is 0.255 e. The van der Waals surface area contributed by atoms with E-state index in [9.17, 15) is 4.79 Å². The lowest BCUT2D eigenvalue weighted by molar-refractivity contribution is 0.102. The highest BCUT2D eigenvalue weighted by Gasteiger charge is 2.16. The Kier molecular flexibility index (Phi) is 7.03. The Morgan fingerprint density at radius 2 is 2.12 bits per heavy atom. The van der Waals surface area contributed by atoms with Gasteiger partial charge in [0.2, 0.25) is 0 Å². The maximum atomic E-state index is 12.5. The third kappa shape index (κ3) is 4.96. The van der Waals surface area contributed by atoms with E-state index in [1.54, 1.807) is 24.4 Å². The first kappa shape index (κ1) is 20.7. The second kappa shape index (κ2) is 8.84. The number of nitrogens with zero attached hydrogens (tertiary/aromatic N) is 2. The number of likely N-dealkylation sites (N-methyl/N-ethyl adjacent to an activating group) is 1. The molecule has 3 rings (SSSR count). The van der Waals surface area contributed by atoms with E-state index in [0.717, 1.165) is 41.1 Å². The van der Waals surface area contributed by atoms with Crippen molar-refractivity contribution < 1.29 is 9.53 Å². The first-order valence-electron chi connectivity index (χ1n) is 8.36. The van der Waals surface area contributed by atoms with Gasteiger partial charge >= 0.3 is 0 Å². The van der Waals surface area contributed by atoms with Crippen LogP contribution in [0.1, 0.15) is 35.5 Å². The predicted octanol–water partition coefficient (Wildman–Crippen LogP) is 4.29. The second-order valence-electron chi connectivity index (χ2n) is 6.58. The van der Waals surface area contributed by atoms with E-state index in [2.05, 4.69) is 38.2 Å². The van der Waals surface area contributed by atoms with Crippen LogP contribution in [-0.4, -0.2) is 35.5 Å². The molecule has 7 heteroatoms. The van der Waals surface area contributed by atoms with Crippen LogP contribution in [0.5, 0.6) is 5.75 Å². The number of fused-ring (bicyclic) bond motifs is 1. The molecule has 0 atom stereocenters. The van der Waals surface area contributed by atoms with Crippen molar-refractivity contribution in [3.8, 4) is 5.75 Å². The van der Waals surface area contributed by atoms with Gasteiger partial charge in [-0.05, 0) is 66.7 Å². The van der Waals surface area contributed by atoms with Gasteiger partial charge in [-0.1, -0.05) is 0 Å². The number of pyridine rings is 1. The van der Waals surface area contributed by atoms with Crippen molar-refractivity contribution in [3.63, 3.8) is 0 Å². The number of halogens is 2. The van der Waals surface area contributed by atoms with Crippen molar-refractivity contribution in [2.45, 2.75) is 32.9 Å². The first-order chi connectivity index (χ1) is 11.9. The maximum absolute atomic E-state index is 12.5. The lowest BCUT2D eigenvalue weighted by Crippen LogP contribution is -2.27. The minimum absolute atomic E-state index is 0. The summed E-state index contributed by atoms with van der Waals surface area (Å²) in [5.41, 5.74) is 3.58. The molecule has 1 aliphatic heterocycles. The van der Waals surface area contributed by atoms with E-state index in [0.29, 0.717) is 5.56 Å². The summed E-state index contributed by atoms with van der Waals surface area (Å²) in [5.74, 6) is 0.563. The highest BCUT2D eigenvalue weighted by molar-refractivity contribution is 9.10.